The molecule has 11 nitrogen and oxygen atoms in total. The largest absolute Gasteiger partial charge is 0.481 e. The summed E-state index contributed by atoms with van der Waals surface area (Å²) in [7, 11) is 0. The standard InChI is InChI=1S/C34H44O11/c1-5-6-7-8-9-11-15-25-20-21-29(37)28(25)19-14-18-27(22-30(38)39)33(4,45-31(40)26-16-12-10-13-17-26)34(32(41)42,43-23(2)35)44-24(3)36/h10-18,25,27-28H,5-9,19-22H2,1-4H3,(H,38,39)(H,41,42)/b15-11+,18-14-/t25-,27?,28+,33?/m0/s1. The van der Waals surface area contributed by atoms with Crippen molar-refractivity contribution in [3.63, 3.8) is 0 Å². The van der Waals surface area contributed by atoms with Crippen LogP contribution in [0.15, 0.2) is 54.6 Å². The highest BCUT2D eigenvalue weighted by Gasteiger charge is 2.67. The molecule has 1 aromatic carbocycles. The number of benzene rings is 1. The van der Waals surface area contributed by atoms with Crippen LogP contribution >= 0.6 is 0 Å². The Balaban J connectivity index is 2.55. The summed E-state index contributed by atoms with van der Waals surface area (Å²) in [6.07, 6.45) is 12.8. The molecule has 1 fully saturated rings. The van der Waals surface area contributed by atoms with Gasteiger partial charge in [-0.1, -0.05) is 68.7 Å². The molecule has 45 heavy (non-hydrogen) atoms. The van der Waals surface area contributed by atoms with Crippen molar-refractivity contribution in [2.75, 3.05) is 0 Å². The molecule has 0 aromatic heterocycles. The number of Topliss-reactive ketones (excluding diaryl/α,β-unsaturated/α-hetero) is 1. The Bertz CT molecular complexity index is 1250. The first-order valence-corrected chi connectivity index (χ1v) is 15.3. The molecule has 1 saturated carbocycles. The van der Waals surface area contributed by atoms with Crippen molar-refractivity contribution in [3.05, 3.63) is 60.2 Å². The lowest BCUT2D eigenvalue weighted by Gasteiger charge is -2.45. The number of hydrogen-bond acceptors (Lipinski definition) is 9. The van der Waals surface area contributed by atoms with E-state index >= 15 is 0 Å². The number of carbonyl (C=O) groups is 6. The Hall–Kier alpha value is -4.28. The SMILES string of the molecule is CCCCCC/C=C/[C@H]1CCC(=O)[C@@H]1C/C=C\C(CC(=O)O)C(C)(OC(=O)c1ccccc1)C(OC(C)=O)(OC(C)=O)C(=O)O. The van der Waals surface area contributed by atoms with Gasteiger partial charge in [0.2, 0.25) is 5.60 Å². The Morgan fingerprint density at radius 1 is 0.956 bits per heavy atom. The first-order chi connectivity index (χ1) is 21.3. The molecule has 0 spiro atoms. The molecule has 2 N–H and O–H groups in total. The number of carboxylic acid groups (broad SMARTS) is 2. The first-order valence-electron chi connectivity index (χ1n) is 15.3. The first kappa shape index (κ1) is 36.9. The summed E-state index contributed by atoms with van der Waals surface area (Å²) < 4.78 is 15.9. The molecule has 1 aliphatic carbocycles. The van der Waals surface area contributed by atoms with E-state index < -0.39 is 53.6 Å². The molecule has 1 aromatic rings. The average Bonchev–Trinajstić information content (AvgIpc) is 3.32. The van der Waals surface area contributed by atoms with Crippen LogP contribution in [0, 0.1) is 17.8 Å². The smallest absolute Gasteiger partial charge is 0.397 e. The van der Waals surface area contributed by atoms with Gasteiger partial charge in [-0.05, 0) is 50.7 Å². The molecule has 0 radical (unpaired) electrons. The number of allylic oxidation sites excluding steroid dienone is 3. The number of esters is 3. The lowest BCUT2D eigenvalue weighted by molar-refractivity contribution is -0.291. The molecular weight excluding hydrogens is 584 g/mol. The Kier molecular flexibility index (Phi) is 14.2. The van der Waals surface area contributed by atoms with Crippen LogP contribution in [0.4, 0.5) is 0 Å². The van der Waals surface area contributed by atoms with Gasteiger partial charge in [-0.15, -0.1) is 0 Å². The molecule has 2 rings (SSSR count). The molecule has 1 aliphatic rings. The lowest BCUT2D eigenvalue weighted by atomic mass is 9.78. The molecule has 2 unspecified atom stereocenters. The van der Waals surface area contributed by atoms with E-state index in [1.165, 1.54) is 42.8 Å². The number of rotatable bonds is 18. The van der Waals surface area contributed by atoms with Crippen molar-refractivity contribution in [1.29, 1.82) is 0 Å². The van der Waals surface area contributed by atoms with Gasteiger partial charge in [0.05, 0.1) is 12.0 Å². The third kappa shape index (κ3) is 10.1. The minimum absolute atomic E-state index is 0.0197. The topological polar surface area (TPSA) is 171 Å². The monoisotopic (exact) mass is 628 g/mol. The Labute approximate surface area is 263 Å². The van der Waals surface area contributed by atoms with E-state index in [9.17, 15) is 39.0 Å². The summed E-state index contributed by atoms with van der Waals surface area (Å²) in [4.78, 5) is 75.5. The Morgan fingerprint density at radius 3 is 2.16 bits per heavy atom. The number of ether oxygens (including phenoxy) is 3. The van der Waals surface area contributed by atoms with Crippen LogP contribution in [0.2, 0.25) is 0 Å². The second-order valence-electron chi connectivity index (χ2n) is 11.4. The highest BCUT2D eigenvalue weighted by atomic mass is 16.8. The maximum absolute atomic E-state index is 13.3. The minimum Gasteiger partial charge on any atom is -0.481 e. The second-order valence-corrected chi connectivity index (χ2v) is 11.4. The fourth-order valence-corrected chi connectivity index (χ4v) is 5.60. The molecule has 11 heteroatoms. The maximum atomic E-state index is 13.3. The highest BCUT2D eigenvalue weighted by molar-refractivity contribution is 5.91. The van der Waals surface area contributed by atoms with Gasteiger partial charge in [0.25, 0.3) is 0 Å². The maximum Gasteiger partial charge on any atom is 0.397 e. The van der Waals surface area contributed by atoms with Crippen LogP contribution in [-0.2, 0) is 38.2 Å². The zero-order chi connectivity index (χ0) is 33.6. The minimum atomic E-state index is -3.27. The lowest BCUT2D eigenvalue weighted by Crippen LogP contribution is -2.67. The molecule has 0 bridgehead atoms. The number of hydrogen-bond donors (Lipinski definition) is 2. The van der Waals surface area contributed by atoms with Crippen molar-refractivity contribution in [2.45, 2.75) is 96.9 Å². The molecular formula is C34H44O11. The predicted molar refractivity (Wildman–Crippen MR) is 163 cm³/mol. The van der Waals surface area contributed by atoms with E-state index in [2.05, 4.69) is 13.0 Å². The van der Waals surface area contributed by atoms with Gasteiger partial charge in [-0.25, -0.2) is 9.59 Å². The molecule has 246 valence electrons. The van der Waals surface area contributed by atoms with Crippen LogP contribution in [0.5, 0.6) is 0 Å². The van der Waals surface area contributed by atoms with Crippen LogP contribution < -0.4 is 0 Å². The van der Waals surface area contributed by atoms with Gasteiger partial charge in [-0.3, -0.25) is 19.2 Å². The number of aliphatic carboxylic acids is 2. The van der Waals surface area contributed by atoms with Crippen molar-refractivity contribution in [2.24, 2.45) is 17.8 Å². The molecule has 0 heterocycles. The van der Waals surface area contributed by atoms with Crippen molar-refractivity contribution >= 4 is 35.6 Å². The zero-order valence-electron chi connectivity index (χ0n) is 26.4. The van der Waals surface area contributed by atoms with Gasteiger partial charge in [0, 0.05) is 32.1 Å². The normalized spacial score (nSPS) is 18.8. The van der Waals surface area contributed by atoms with Crippen LogP contribution in [0.1, 0.15) is 95.8 Å². The summed E-state index contributed by atoms with van der Waals surface area (Å²) in [5.74, 6) is -12.0. The van der Waals surface area contributed by atoms with Gasteiger partial charge in [0.15, 0.2) is 0 Å². The molecule has 4 atom stereocenters. The number of unbranched alkanes of at least 4 members (excludes halogenated alkanes) is 4. The fraction of sp³-hybridized carbons (Fsp3) is 0.529. The van der Waals surface area contributed by atoms with E-state index in [-0.39, 0.29) is 29.6 Å². The highest BCUT2D eigenvalue weighted by Crippen LogP contribution is 2.42. The van der Waals surface area contributed by atoms with Crippen molar-refractivity contribution in [3.8, 4) is 0 Å². The van der Waals surface area contributed by atoms with Gasteiger partial charge >= 0.3 is 35.6 Å². The Morgan fingerprint density at radius 2 is 1.60 bits per heavy atom. The fourth-order valence-electron chi connectivity index (χ4n) is 5.60. The van der Waals surface area contributed by atoms with Gasteiger partial charge in [0.1, 0.15) is 5.78 Å². The third-order valence-corrected chi connectivity index (χ3v) is 7.95. The molecule has 0 amide bonds. The second kappa shape index (κ2) is 17.3. The third-order valence-electron chi connectivity index (χ3n) is 7.95. The summed E-state index contributed by atoms with van der Waals surface area (Å²) in [5, 5.41) is 20.2. The van der Waals surface area contributed by atoms with E-state index in [0.717, 1.165) is 46.5 Å². The molecule has 0 aliphatic heterocycles. The summed E-state index contributed by atoms with van der Waals surface area (Å²) in [6.45, 7) is 4.91. The quantitative estimate of drug-likeness (QED) is 0.0888. The van der Waals surface area contributed by atoms with Crippen molar-refractivity contribution < 1.29 is 53.2 Å². The van der Waals surface area contributed by atoms with E-state index in [1.807, 2.05) is 6.08 Å². The number of carboxylic acids is 2. The van der Waals surface area contributed by atoms with Crippen LogP contribution in [0.3, 0.4) is 0 Å². The van der Waals surface area contributed by atoms with Gasteiger partial charge < -0.3 is 24.4 Å². The average molecular weight is 629 g/mol. The van der Waals surface area contributed by atoms with Gasteiger partial charge in [-0.2, -0.15) is 0 Å². The predicted octanol–water partition coefficient (Wildman–Crippen LogP) is 5.67. The summed E-state index contributed by atoms with van der Waals surface area (Å²) >= 11 is 0. The number of ketones is 1. The van der Waals surface area contributed by atoms with Crippen molar-refractivity contribution in [1.82, 2.24) is 0 Å². The van der Waals surface area contributed by atoms with E-state index in [0.29, 0.717) is 12.8 Å². The van der Waals surface area contributed by atoms with E-state index in [1.54, 1.807) is 6.07 Å². The van der Waals surface area contributed by atoms with Crippen LogP contribution in [-0.4, -0.2) is 57.2 Å². The summed E-state index contributed by atoms with van der Waals surface area (Å²) in [5.41, 5.74) is -2.62. The van der Waals surface area contributed by atoms with Crippen LogP contribution in [0.25, 0.3) is 0 Å². The van der Waals surface area contributed by atoms with E-state index in [4.69, 9.17) is 14.2 Å². The number of carbonyl (C=O) groups excluding carboxylic acids is 4. The zero-order valence-corrected chi connectivity index (χ0v) is 26.4. The molecule has 0 saturated heterocycles. The summed E-state index contributed by atoms with van der Waals surface area (Å²) in [6, 6.07) is 7.45.